The van der Waals surface area contributed by atoms with Gasteiger partial charge in [-0.15, -0.1) is 0 Å². The summed E-state index contributed by atoms with van der Waals surface area (Å²) in [4.78, 5) is 0. The van der Waals surface area contributed by atoms with E-state index in [0.717, 1.165) is 0 Å². The molecule has 0 aliphatic rings. The van der Waals surface area contributed by atoms with Gasteiger partial charge >= 0.3 is 0 Å². The molecule has 2 rings (SSSR count). The molecular formula is C14H12BrClF2N2. The van der Waals surface area contributed by atoms with E-state index in [0.29, 0.717) is 20.7 Å². The van der Waals surface area contributed by atoms with Crippen LogP contribution in [-0.2, 0) is 0 Å². The van der Waals surface area contributed by atoms with Crippen molar-refractivity contribution in [1.29, 1.82) is 0 Å². The van der Waals surface area contributed by atoms with Gasteiger partial charge < -0.3 is 11.1 Å². The summed E-state index contributed by atoms with van der Waals surface area (Å²) in [5.41, 5.74) is 7.11. The van der Waals surface area contributed by atoms with E-state index in [9.17, 15) is 8.78 Å². The molecule has 0 saturated carbocycles. The second-order valence-electron chi connectivity index (χ2n) is 4.23. The van der Waals surface area contributed by atoms with Gasteiger partial charge in [-0.05, 0) is 51.8 Å². The van der Waals surface area contributed by atoms with Crippen molar-refractivity contribution < 1.29 is 8.78 Å². The largest absolute Gasteiger partial charge is 0.377 e. The molecule has 6 heteroatoms. The number of nitrogens with two attached hydrogens (primary N) is 1. The Morgan fingerprint density at radius 1 is 1.20 bits per heavy atom. The Balaban J connectivity index is 2.26. The fourth-order valence-electron chi connectivity index (χ4n) is 1.83. The molecule has 2 aromatic rings. The number of rotatable bonds is 4. The molecule has 0 aliphatic heterocycles. The van der Waals surface area contributed by atoms with E-state index in [-0.39, 0.29) is 18.4 Å². The molecule has 0 radical (unpaired) electrons. The lowest BCUT2D eigenvalue weighted by molar-refractivity contribution is 0.621. The number of halogens is 4. The van der Waals surface area contributed by atoms with Crippen LogP contribution in [0.3, 0.4) is 0 Å². The topological polar surface area (TPSA) is 38.0 Å². The second kappa shape index (κ2) is 6.52. The van der Waals surface area contributed by atoms with Crippen molar-refractivity contribution in [1.82, 2.24) is 0 Å². The number of nitrogens with one attached hydrogen (secondary N) is 1. The summed E-state index contributed by atoms with van der Waals surface area (Å²) >= 11 is 9.14. The Kier molecular flexibility index (Phi) is 4.96. The van der Waals surface area contributed by atoms with Gasteiger partial charge in [-0.25, -0.2) is 8.78 Å². The third-order valence-corrected chi connectivity index (χ3v) is 3.77. The van der Waals surface area contributed by atoms with Crippen molar-refractivity contribution in [2.75, 3.05) is 11.9 Å². The Labute approximate surface area is 129 Å². The van der Waals surface area contributed by atoms with Gasteiger partial charge in [0.05, 0.1) is 10.5 Å². The number of hydrogen-bond acceptors (Lipinski definition) is 2. The molecule has 0 fully saturated rings. The first-order valence-electron chi connectivity index (χ1n) is 5.88. The van der Waals surface area contributed by atoms with Crippen LogP contribution in [0.25, 0.3) is 0 Å². The van der Waals surface area contributed by atoms with Crippen LogP contribution in [0.15, 0.2) is 40.9 Å². The van der Waals surface area contributed by atoms with E-state index in [1.165, 1.54) is 18.2 Å². The van der Waals surface area contributed by atoms with Crippen LogP contribution < -0.4 is 11.1 Å². The second-order valence-corrected chi connectivity index (χ2v) is 5.49. The minimum absolute atomic E-state index is 0.264. The van der Waals surface area contributed by atoms with Gasteiger partial charge in [0.15, 0.2) is 0 Å². The van der Waals surface area contributed by atoms with Crippen molar-refractivity contribution in [2.24, 2.45) is 5.73 Å². The van der Waals surface area contributed by atoms with Crippen LogP contribution in [0.5, 0.6) is 0 Å². The molecule has 0 saturated heterocycles. The average molecular weight is 362 g/mol. The minimum atomic E-state index is -0.404. The van der Waals surface area contributed by atoms with Crippen molar-refractivity contribution in [3.05, 3.63) is 63.1 Å². The summed E-state index contributed by atoms with van der Waals surface area (Å²) in [5.74, 6) is -0.751. The van der Waals surface area contributed by atoms with Crippen molar-refractivity contribution in [3.63, 3.8) is 0 Å². The molecule has 1 atom stereocenters. The Bertz CT molecular complexity index is 622. The zero-order valence-corrected chi connectivity index (χ0v) is 12.7. The lowest BCUT2D eigenvalue weighted by atomic mass is 10.1. The van der Waals surface area contributed by atoms with Gasteiger partial charge in [0, 0.05) is 17.3 Å². The first kappa shape index (κ1) is 15.2. The molecular weight excluding hydrogens is 350 g/mol. The summed E-state index contributed by atoms with van der Waals surface area (Å²) in [5, 5.41) is 3.44. The normalized spacial score (nSPS) is 12.2. The fourth-order valence-corrected chi connectivity index (χ4v) is 2.51. The molecule has 0 amide bonds. The molecule has 0 heterocycles. The predicted molar refractivity (Wildman–Crippen MR) is 80.9 cm³/mol. The lowest BCUT2D eigenvalue weighted by Gasteiger charge is -2.20. The third-order valence-electron chi connectivity index (χ3n) is 2.83. The highest BCUT2D eigenvalue weighted by Crippen LogP contribution is 2.28. The smallest absolute Gasteiger partial charge is 0.137 e. The van der Waals surface area contributed by atoms with Gasteiger partial charge in [0.2, 0.25) is 0 Å². The quantitative estimate of drug-likeness (QED) is 0.842. The van der Waals surface area contributed by atoms with E-state index in [1.807, 2.05) is 0 Å². The van der Waals surface area contributed by atoms with Gasteiger partial charge in [0.1, 0.15) is 11.6 Å². The lowest BCUT2D eigenvalue weighted by Crippen LogP contribution is -2.21. The van der Waals surface area contributed by atoms with E-state index in [2.05, 4.69) is 21.2 Å². The first-order valence-corrected chi connectivity index (χ1v) is 7.05. The molecule has 3 N–H and O–H groups in total. The standard InChI is InChI=1S/C14H12BrClF2N2/c15-11-6-9(2-4-13(11)18)20-14(7-19)10-3-1-8(17)5-12(10)16/h1-6,14,20H,7,19H2. The highest BCUT2D eigenvalue weighted by Gasteiger charge is 2.14. The van der Waals surface area contributed by atoms with Crippen LogP contribution in [0, 0.1) is 11.6 Å². The van der Waals surface area contributed by atoms with E-state index in [1.54, 1.807) is 18.2 Å². The van der Waals surface area contributed by atoms with E-state index >= 15 is 0 Å². The van der Waals surface area contributed by atoms with Crippen LogP contribution in [-0.4, -0.2) is 6.54 Å². The predicted octanol–water partition coefficient (Wildman–Crippen LogP) is 4.49. The SMILES string of the molecule is NCC(Nc1ccc(F)c(Br)c1)c1ccc(F)cc1Cl. The molecule has 106 valence electrons. The van der Waals surface area contributed by atoms with Crippen molar-refractivity contribution >= 4 is 33.2 Å². The maximum atomic E-state index is 13.2. The zero-order chi connectivity index (χ0) is 14.7. The molecule has 20 heavy (non-hydrogen) atoms. The fraction of sp³-hybridized carbons (Fsp3) is 0.143. The minimum Gasteiger partial charge on any atom is -0.377 e. The van der Waals surface area contributed by atoms with Gasteiger partial charge in [-0.2, -0.15) is 0 Å². The highest BCUT2D eigenvalue weighted by molar-refractivity contribution is 9.10. The summed E-state index contributed by atoms with van der Waals surface area (Å²) < 4.78 is 26.6. The van der Waals surface area contributed by atoms with Gasteiger partial charge in [-0.3, -0.25) is 0 Å². The number of anilines is 1. The molecule has 2 nitrogen and oxygen atoms in total. The Hall–Kier alpha value is -1.17. The van der Waals surface area contributed by atoms with Gasteiger partial charge in [0.25, 0.3) is 0 Å². The average Bonchev–Trinajstić information content (AvgIpc) is 2.41. The van der Waals surface area contributed by atoms with Crippen molar-refractivity contribution in [3.8, 4) is 0 Å². The molecule has 1 unspecified atom stereocenters. The summed E-state index contributed by atoms with van der Waals surface area (Å²) in [6.07, 6.45) is 0. The maximum absolute atomic E-state index is 13.2. The summed E-state index contributed by atoms with van der Waals surface area (Å²) in [6.45, 7) is 0.264. The van der Waals surface area contributed by atoms with Crippen LogP contribution in [0.2, 0.25) is 5.02 Å². The molecule has 2 aromatic carbocycles. The van der Waals surface area contributed by atoms with Crippen LogP contribution >= 0.6 is 27.5 Å². The number of hydrogen-bond donors (Lipinski definition) is 2. The Morgan fingerprint density at radius 2 is 1.95 bits per heavy atom. The number of benzene rings is 2. The molecule has 0 bridgehead atoms. The Morgan fingerprint density at radius 3 is 2.55 bits per heavy atom. The summed E-state index contributed by atoms with van der Waals surface area (Å²) in [7, 11) is 0. The monoisotopic (exact) mass is 360 g/mol. The van der Waals surface area contributed by atoms with Crippen molar-refractivity contribution in [2.45, 2.75) is 6.04 Å². The zero-order valence-electron chi connectivity index (χ0n) is 10.3. The summed E-state index contributed by atoms with van der Waals surface area (Å²) in [6, 6.07) is 8.40. The highest BCUT2D eigenvalue weighted by atomic mass is 79.9. The van der Waals surface area contributed by atoms with E-state index in [4.69, 9.17) is 17.3 Å². The molecule has 0 aromatic heterocycles. The van der Waals surface area contributed by atoms with Gasteiger partial charge in [-0.1, -0.05) is 17.7 Å². The molecule has 0 spiro atoms. The third kappa shape index (κ3) is 3.48. The first-order chi connectivity index (χ1) is 9.51. The van der Waals surface area contributed by atoms with Crippen LogP contribution in [0.4, 0.5) is 14.5 Å². The van der Waals surface area contributed by atoms with E-state index < -0.39 is 5.82 Å². The molecule has 0 aliphatic carbocycles. The van der Waals surface area contributed by atoms with Crippen LogP contribution in [0.1, 0.15) is 11.6 Å². The maximum Gasteiger partial charge on any atom is 0.137 e.